The van der Waals surface area contributed by atoms with Crippen molar-refractivity contribution in [3.8, 4) is 11.5 Å². The number of ether oxygens (including phenoxy) is 2. The van der Waals surface area contributed by atoms with E-state index in [2.05, 4.69) is 5.32 Å². The van der Waals surface area contributed by atoms with Gasteiger partial charge in [0.15, 0.2) is 0 Å². The highest BCUT2D eigenvalue weighted by molar-refractivity contribution is 5.85. The molecule has 0 aliphatic carbocycles. The number of rotatable bonds is 3. The van der Waals surface area contributed by atoms with E-state index in [-0.39, 0.29) is 24.2 Å². The number of hydrogen-bond donors (Lipinski definition) is 1. The lowest BCUT2D eigenvalue weighted by molar-refractivity contribution is -0.137. The van der Waals surface area contributed by atoms with Gasteiger partial charge in [-0.3, -0.25) is 4.79 Å². The Morgan fingerprint density at radius 1 is 1.45 bits per heavy atom. The van der Waals surface area contributed by atoms with Crippen molar-refractivity contribution < 1.29 is 14.3 Å². The number of halogens is 1. The summed E-state index contributed by atoms with van der Waals surface area (Å²) in [5.74, 6) is 1.75. The highest BCUT2D eigenvalue weighted by atomic mass is 35.5. The monoisotopic (exact) mass is 326 g/mol. The van der Waals surface area contributed by atoms with Gasteiger partial charge in [0.25, 0.3) is 0 Å². The molecule has 0 saturated carbocycles. The highest BCUT2D eigenvalue weighted by Gasteiger charge is 2.32. The van der Waals surface area contributed by atoms with E-state index in [4.69, 9.17) is 9.47 Å². The minimum atomic E-state index is -0.102. The van der Waals surface area contributed by atoms with Crippen LogP contribution in [-0.2, 0) is 11.2 Å². The van der Waals surface area contributed by atoms with Crippen molar-refractivity contribution in [3.05, 3.63) is 23.8 Å². The van der Waals surface area contributed by atoms with Gasteiger partial charge in [-0.2, -0.15) is 0 Å². The number of hydrogen-bond acceptors (Lipinski definition) is 4. The maximum absolute atomic E-state index is 12.6. The fourth-order valence-electron chi connectivity index (χ4n) is 3.09. The Kier molecular flexibility index (Phi) is 5.53. The van der Waals surface area contributed by atoms with E-state index >= 15 is 0 Å². The number of nitrogens with one attached hydrogen (secondary N) is 1. The third kappa shape index (κ3) is 3.31. The van der Waals surface area contributed by atoms with Crippen LogP contribution in [0, 0.1) is 5.92 Å². The van der Waals surface area contributed by atoms with Gasteiger partial charge in [-0.15, -0.1) is 12.4 Å². The van der Waals surface area contributed by atoms with E-state index in [1.807, 2.05) is 30.1 Å². The number of likely N-dealkylation sites (N-methyl/N-ethyl adjacent to an activating group) is 1. The lowest BCUT2D eigenvalue weighted by Gasteiger charge is -2.31. The Bertz CT molecular complexity index is 532. The Labute approximate surface area is 137 Å². The molecule has 0 aromatic heterocycles. The summed E-state index contributed by atoms with van der Waals surface area (Å²) < 4.78 is 11.0. The minimum absolute atomic E-state index is 0. The first kappa shape index (κ1) is 16.9. The molecule has 0 spiro atoms. The van der Waals surface area contributed by atoms with Crippen LogP contribution in [0.5, 0.6) is 11.5 Å². The number of fused-ring (bicyclic) bond motifs is 1. The van der Waals surface area contributed by atoms with Crippen molar-refractivity contribution in [1.82, 2.24) is 10.2 Å². The van der Waals surface area contributed by atoms with Gasteiger partial charge in [-0.05, 0) is 43.1 Å². The Morgan fingerprint density at radius 2 is 2.27 bits per heavy atom. The second-order valence-corrected chi connectivity index (χ2v) is 5.78. The summed E-state index contributed by atoms with van der Waals surface area (Å²) in [5.41, 5.74) is 1.05. The second-order valence-electron chi connectivity index (χ2n) is 5.78. The zero-order chi connectivity index (χ0) is 14.8. The average Bonchev–Trinajstić information content (AvgIpc) is 3.06. The van der Waals surface area contributed by atoms with E-state index in [0.717, 1.165) is 43.0 Å². The molecule has 1 amide bonds. The number of nitrogens with zero attached hydrogens (tertiary/aromatic N) is 1. The second kappa shape index (κ2) is 7.20. The lowest BCUT2D eigenvalue weighted by atomic mass is 9.95. The molecule has 1 aromatic rings. The smallest absolute Gasteiger partial charge is 0.229 e. The molecule has 1 fully saturated rings. The largest absolute Gasteiger partial charge is 0.497 e. The maximum atomic E-state index is 12.6. The summed E-state index contributed by atoms with van der Waals surface area (Å²) >= 11 is 0. The summed E-state index contributed by atoms with van der Waals surface area (Å²) in [5, 5.41) is 3.30. The van der Waals surface area contributed by atoms with Crippen LogP contribution in [0.15, 0.2) is 18.2 Å². The highest BCUT2D eigenvalue weighted by Crippen LogP contribution is 2.31. The van der Waals surface area contributed by atoms with Crippen LogP contribution < -0.4 is 14.8 Å². The zero-order valence-electron chi connectivity index (χ0n) is 13.0. The molecule has 1 aromatic carbocycles. The maximum Gasteiger partial charge on any atom is 0.229 e. The average molecular weight is 327 g/mol. The first-order chi connectivity index (χ1) is 10.2. The Hall–Kier alpha value is -1.46. The molecule has 0 bridgehead atoms. The van der Waals surface area contributed by atoms with Crippen molar-refractivity contribution >= 4 is 18.3 Å². The first-order valence-corrected chi connectivity index (χ1v) is 7.46. The van der Waals surface area contributed by atoms with E-state index < -0.39 is 0 Å². The van der Waals surface area contributed by atoms with Crippen molar-refractivity contribution in [3.63, 3.8) is 0 Å². The van der Waals surface area contributed by atoms with Gasteiger partial charge in [-0.1, -0.05) is 0 Å². The molecule has 5 nitrogen and oxygen atoms in total. The molecular formula is C16H23ClN2O3. The molecule has 2 aliphatic heterocycles. The molecule has 3 rings (SSSR count). The van der Waals surface area contributed by atoms with Crippen LogP contribution in [0.4, 0.5) is 0 Å². The third-order valence-electron chi connectivity index (χ3n) is 4.45. The molecule has 6 heteroatoms. The first-order valence-electron chi connectivity index (χ1n) is 7.46. The van der Waals surface area contributed by atoms with Gasteiger partial charge in [0, 0.05) is 19.6 Å². The van der Waals surface area contributed by atoms with Gasteiger partial charge in [0.05, 0.1) is 13.0 Å². The predicted octanol–water partition coefficient (Wildman–Crippen LogP) is 1.49. The molecule has 1 N–H and O–H groups in total. The summed E-state index contributed by atoms with van der Waals surface area (Å²) in [6.07, 6.45) is 1.75. The molecule has 2 heterocycles. The predicted molar refractivity (Wildman–Crippen MR) is 87.0 cm³/mol. The normalized spacial score (nSPS) is 23.0. The molecule has 22 heavy (non-hydrogen) atoms. The Balaban J connectivity index is 0.00000176. The number of amides is 1. The van der Waals surface area contributed by atoms with E-state index in [1.165, 1.54) is 0 Å². The van der Waals surface area contributed by atoms with Gasteiger partial charge in [0.1, 0.15) is 18.1 Å². The van der Waals surface area contributed by atoms with Crippen LogP contribution in [0.1, 0.15) is 12.0 Å². The van der Waals surface area contributed by atoms with Crippen molar-refractivity contribution in [2.75, 3.05) is 33.9 Å². The fourth-order valence-corrected chi connectivity index (χ4v) is 3.09. The van der Waals surface area contributed by atoms with Gasteiger partial charge < -0.3 is 19.7 Å². The summed E-state index contributed by atoms with van der Waals surface area (Å²) in [4.78, 5) is 14.5. The summed E-state index contributed by atoms with van der Waals surface area (Å²) in [6, 6.07) is 6.08. The molecule has 1 saturated heterocycles. The summed E-state index contributed by atoms with van der Waals surface area (Å²) in [7, 11) is 3.55. The van der Waals surface area contributed by atoms with Crippen LogP contribution in [0.25, 0.3) is 0 Å². The molecule has 2 aliphatic rings. The van der Waals surface area contributed by atoms with Gasteiger partial charge in [-0.25, -0.2) is 0 Å². The quantitative estimate of drug-likeness (QED) is 0.914. The van der Waals surface area contributed by atoms with Crippen molar-refractivity contribution in [2.24, 2.45) is 5.92 Å². The number of methoxy groups -OCH3 is 1. The Morgan fingerprint density at radius 3 is 2.95 bits per heavy atom. The van der Waals surface area contributed by atoms with Crippen LogP contribution >= 0.6 is 12.4 Å². The fraction of sp³-hybridized carbons (Fsp3) is 0.562. The third-order valence-corrected chi connectivity index (χ3v) is 4.45. The van der Waals surface area contributed by atoms with Gasteiger partial charge in [0.2, 0.25) is 5.91 Å². The van der Waals surface area contributed by atoms with Gasteiger partial charge >= 0.3 is 0 Å². The number of carbonyl (C=O) groups excluding carboxylic acids is 1. The van der Waals surface area contributed by atoms with Crippen LogP contribution in [-0.4, -0.2) is 50.7 Å². The molecule has 2 unspecified atom stereocenters. The SMILES string of the molecule is COc1ccc2c(c1)CC(C(=O)N(C)C1CCNC1)CO2.Cl. The number of benzene rings is 1. The van der Waals surface area contributed by atoms with E-state index in [0.29, 0.717) is 12.6 Å². The van der Waals surface area contributed by atoms with Crippen LogP contribution in [0.3, 0.4) is 0 Å². The molecular weight excluding hydrogens is 304 g/mol. The van der Waals surface area contributed by atoms with Crippen molar-refractivity contribution in [1.29, 1.82) is 0 Å². The van der Waals surface area contributed by atoms with E-state index in [1.54, 1.807) is 7.11 Å². The topological polar surface area (TPSA) is 50.8 Å². The summed E-state index contributed by atoms with van der Waals surface area (Å²) in [6.45, 7) is 2.34. The standard InChI is InChI=1S/C16H22N2O3.ClH/c1-18(13-5-6-17-9-13)16(19)12-7-11-8-14(20-2)3-4-15(11)21-10-12;/h3-4,8,12-13,17H,5-7,9-10H2,1-2H3;1H. The van der Waals surface area contributed by atoms with E-state index in [9.17, 15) is 4.79 Å². The number of carbonyl (C=O) groups is 1. The van der Waals surface area contributed by atoms with Crippen molar-refractivity contribution in [2.45, 2.75) is 18.9 Å². The van der Waals surface area contributed by atoms with Crippen LogP contribution in [0.2, 0.25) is 0 Å². The lowest BCUT2D eigenvalue weighted by Crippen LogP contribution is -2.44. The minimum Gasteiger partial charge on any atom is -0.497 e. The zero-order valence-corrected chi connectivity index (χ0v) is 13.8. The molecule has 0 radical (unpaired) electrons. The molecule has 122 valence electrons. The molecule has 2 atom stereocenters.